The number of benzene rings is 1. The van der Waals surface area contributed by atoms with Gasteiger partial charge in [0.05, 0.1) is 6.33 Å². The summed E-state index contributed by atoms with van der Waals surface area (Å²) in [7, 11) is 0. The molecule has 2 fully saturated rings. The third-order valence-corrected chi connectivity index (χ3v) is 7.87. The van der Waals surface area contributed by atoms with E-state index in [0.717, 1.165) is 36.4 Å². The minimum absolute atomic E-state index is 0.727. The first-order chi connectivity index (χ1) is 14.3. The average molecular weight is 399 g/mol. The van der Waals surface area contributed by atoms with Crippen molar-refractivity contribution in [2.75, 3.05) is 0 Å². The Morgan fingerprint density at radius 3 is 1.97 bits per heavy atom. The summed E-state index contributed by atoms with van der Waals surface area (Å²) in [6, 6.07) is 9.61. The van der Waals surface area contributed by atoms with Crippen LogP contribution in [0.25, 0.3) is 0 Å². The summed E-state index contributed by atoms with van der Waals surface area (Å²) in [4.78, 5) is 0. The number of allylic oxidation sites excluding steroid dienone is 1. The summed E-state index contributed by atoms with van der Waals surface area (Å²) in [6.45, 7) is 2.28. The van der Waals surface area contributed by atoms with Crippen LogP contribution in [0.5, 0.6) is 0 Å². The average Bonchev–Trinajstić information content (AvgIpc) is 2.78. The van der Waals surface area contributed by atoms with E-state index in [4.69, 9.17) is 0 Å². The Morgan fingerprint density at radius 2 is 1.38 bits per heavy atom. The standard InChI is InChI=1S/C28H43F/c1-2-3-4-6-23-14-18-27(19-15-23)28-20-16-26(17-21-28)13-12-25-10-8-24(9-11-25)7-5-22-29/h5,14-15,18-19,22,24-26,28H,2-4,6-13,16-17,20-21H2,1H3/b22-5+/t24-,25-,26-,28-. The highest BCUT2D eigenvalue weighted by Crippen LogP contribution is 2.40. The van der Waals surface area contributed by atoms with Crippen LogP contribution >= 0.6 is 0 Å². The molecule has 0 unspecified atom stereocenters. The Kier molecular flexibility index (Phi) is 9.77. The monoisotopic (exact) mass is 398 g/mol. The van der Waals surface area contributed by atoms with Crippen LogP contribution in [0.4, 0.5) is 4.39 Å². The van der Waals surface area contributed by atoms with Crippen LogP contribution in [-0.2, 0) is 6.42 Å². The second-order valence-electron chi connectivity index (χ2n) is 9.98. The molecule has 29 heavy (non-hydrogen) atoms. The minimum atomic E-state index is 0.727. The molecule has 0 aliphatic heterocycles. The molecule has 0 atom stereocenters. The van der Waals surface area contributed by atoms with Crippen molar-refractivity contribution in [3.8, 4) is 0 Å². The van der Waals surface area contributed by atoms with Crippen molar-refractivity contribution in [1.29, 1.82) is 0 Å². The smallest absolute Gasteiger partial charge is 0.0827 e. The van der Waals surface area contributed by atoms with E-state index in [9.17, 15) is 4.39 Å². The molecule has 0 N–H and O–H groups in total. The van der Waals surface area contributed by atoms with Crippen molar-refractivity contribution in [2.24, 2.45) is 17.8 Å². The van der Waals surface area contributed by atoms with Gasteiger partial charge in [-0.25, -0.2) is 4.39 Å². The van der Waals surface area contributed by atoms with E-state index in [2.05, 4.69) is 31.2 Å². The van der Waals surface area contributed by atoms with Gasteiger partial charge in [-0.05, 0) is 92.6 Å². The zero-order chi connectivity index (χ0) is 20.3. The zero-order valence-corrected chi connectivity index (χ0v) is 18.8. The first-order valence-corrected chi connectivity index (χ1v) is 12.6. The highest BCUT2D eigenvalue weighted by molar-refractivity contribution is 5.26. The summed E-state index contributed by atoms with van der Waals surface area (Å²) >= 11 is 0. The normalized spacial score (nSPS) is 28.1. The number of halogens is 1. The van der Waals surface area contributed by atoms with Crippen molar-refractivity contribution in [3.63, 3.8) is 0 Å². The molecular weight excluding hydrogens is 355 g/mol. The summed E-state index contributed by atoms with van der Waals surface area (Å²) in [5.74, 6) is 3.45. The Bertz CT molecular complexity index is 571. The molecule has 0 radical (unpaired) electrons. The lowest BCUT2D eigenvalue weighted by molar-refractivity contribution is 0.231. The van der Waals surface area contributed by atoms with Crippen LogP contribution in [0.1, 0.15) is 114 Å². The molecule has 1 aromatic rings. The summed E-state index contributed by atoms with van der Waals surface area (Å²) in [5, 5.41) is 0. The maximum Gasteiger partial charge on any atom is 0.0827 e. The molecule has 2 aliphatic carbocycles. The van der Waals surface area contributed by atoms with Gasteiger partial charge in [0.15, 0.2) is 0 Å². The van der Waals surface area contributed by atoms with E-state index in [-0.39, 0.29) is 0 Å². The van der Waals surface area contributed by atoms with Gasteiger partial charge in [-0.15, -0.1) is 0 Å². The van der Waals surface area contributed by atoms with Gasteiger partial charge in [-0.2, -0.15) is 0 Å². The Balaban J connectivity index is 1.32. The first-order valence-electron chi connectivity index (χ1n) is 12.6. The number of aryl methyl sites for hydroxylation is 1. The van der Waals surface area contributed by atoms with Crippen LogP contribution in [0.2, 0.25) is 0 Å². The Morgan fingerprint density at radius 1 is 0.793 bits per heavy atom. The molecule has 0 heterocycles. The fourth-order valence-electron chi connectivity index (χ4n) is 5.79. The lowest BCUT2D eigenvalue weighted by atomic mass is 9.74. The Labute approximate surface area is 179 Å². The molecule has 0 nitrogen and oxygen atoms in total. The van der Waals surface area contributed by atoms with Gasteiger partial charge in [0.1, 0.15) is 0 Å². The van der Waals surface area contributed by atoms with E-state index >= 15 is 0 Å². The molecule has 2 saturated carbocycles. The van der Waals surface area contributed by atoms with Crippen LogP contribution in [-0.4, -0.2) is 0 Å². The van der Waals surface area contributed by atoms with Crippen LogP contribution in [0, 0.1) is 17.8 Å². The van der Waals surface area contributed by atoms with Gasteiger partial charge in [-0.3, -0.25) is 0 Å². The van der Waals surface area contributed by atoms with Crippen LogP contribution in [0.3, 0.4) is 0 Å². The van der Waals surface area contributed by atoms with Crippen molar-refractivity contribution in [3.05, 3.63) is 47.8 Å². The molecule has 0 aromatic heterocycles. The van der Waals surface area contributed by atoms with E-state index in [0.29, 0.717) is 0 Å². The molecule has 162 valence electrons. The third kappa shape index (κ3) is 7.58. The van der Waals surface area contributed by atoms with Crippen molar-refractivity contribution in [1.82, 2.24) is 0 Å². The lowest BCUT2D eigenvalue weighted by Crippen LogP contribution is -2.17. The van der Waals surface area contributed by atoms with E-state index in [1.807, 2.05) is 0 Å². The number of unbranched alkanes of at least 4 members (excludes halogenated alkanes) is 2. The summed E-state index contributed by atoms with van der Waals surface area (Å²) < 4.78 is 12.2. The molecule has 0 bridgehead atoms. The highest BCUT2D eigenvalue weighted by Gasteiger charge is 2.25. The molecule has 1 heteroatoms. The number of rotatable bonds is 10. The predicted octanol–water partition coefficient (Wildman–Crippen LogP) is 9.15. The van der Waals surface area contributed by atoms with Crippen molar-refractivity contribution >= 4 is 0 Å². The number of hydrogen-bond donors (Lipinski definition) is 0. The predicted molar refractivity (Wildman–Crippen MR) is 124 cm³/mol. The van der Waals surface area contributed by atoms with E-state index in [1.165, 1.54) is 95.5 Å². The fraction of sp³-hybridized carbons (Fsp3) is 0.714. The zero-order valence-electron chi connectivity index (χ0n) is 18.8. The molecule has 0 amide bonds. The van der Waals surface area contributed by atoms with E-state index < -0.39 is 0 Å². The molecule has 1 aromatic carbocycles. The first kappa shape index (κ1) is 22.6. The third-order valence-electron chi connectivity index (χ3n) is 7.87. The maximum atomic E-state index is 12.2. The van der Waals surface area contributed by atoms with Crippen molar-refractivity contribution < 1.29 is 4.39 Å². The van der Waals surface area contributed by atoms with Gasteiger partial charge in [0, 0.05) is 0 Å². The Hall–Kier alpha value is -1.11. The minimum Gasteiger partial charge on any atom is -0.216 e. The molecule has 2 aliphatic rings. The molecule has 0 spiro atoms. The molecular formula is C28H43F. The molecule has 3 rings (SSSR count). The molecule has 0 saturated heterocycles. The van der Waals surface area contributed by atoms with Crippen LogP contribution in [0.15, 0.2) is 36.7 Å². The number of hydrogen-bond acceptors (Lipinski definition) is 0. The van der Waals surface area contributed by atoms with Gasteiger partial charge >= 0.3 is 0 Å². The second kappa shape index (κ2) is 12.6. The maximum absolute atomic E-state index is 12.2. The van der Waals surface area contributed by atoms with Gasteiger partial charge in [0.25, 0.3) is 0 Å². The van der Waals surface area contributed by atoms with E-state index in [1.54, 1.807) is 11.6 Å². The van der Waals surface area contributed by atoms with Gasteiger partial charge in [0.2, 0.25) is 0 Å². The topological polar surface area (TPSA) is 0 Å². The second-order valence-corrected chi connectivity index (χ2v) is 9.98. The van der Waals surface area contributed by atoms with Gasteiger partial charge < -0.3 is 0 Å². The van der Waals surface area contributed by atoms with Crippen LogP contribution < -0.4 is 0 Å². The fourth-order valence-corrected chi connectivity index (χ4v) is 5.79. The lowest BCUT2D eigenvalue weighted by Gasteiger charge is -2.32. The quantitative estimate of drug-likeness (QED) is 0.345. The largest absolute Gasteiger partial charge is 0.216 e. The van der Waals surface area contributed by atoms with Gasteiger partial charge in [-0.1, -0.05) is 75.8 Å². The highest BCUT2D eigenvalue weighted by atomic mass is 19.1. The summed E-state index contributed by atoms with van der Waals surface area (Å²) in [6.07, 6.45) is 22.5. The summed E-state index contributed by atoms with van der Waals surface area (Å²) in [5.41, 5.74) is 3.11. The van der Waals surface area contributed by atoms with Crippen molar-refractivity contribution in [2.45, 2.75) is 109 Å². The SMILES string of the molecule is CCCCCc1ccc([C@H]2CC[C@H](CC[C@H]3CC[C@H](C/C=C/F)CC3)CC2)cc1.